The van der Waals surface area contributed by atoms with E-state index in [2.05, 4.69) is 15.6 Å². The molecular formula is C20H24N4O3S. The minimum Gasteiger partial charge on any atom is -0.392 e. The monoisotopic (exact) mass is 400 g/mol. The Kier molecular flexibility index (Phi) is 4.95. The molecule has 7 nitrogen and oxygen atoms in total. The molecule has 4 rings (SSSR count). The minimum absolute atomic E-state index is 0.00353. The Hall–Kier alpha value is -2.29. The van der Waals surface area contributed by atoms with Crippen LogP contribution in [0.2, 0.25) is 0 Å². The highest BCUT2D eigenvalue weighted by Crippen LogP contribution is 2.35. The third-order valence-electron chi connectivity index (χ3n) is 5.60. The van der Waals surface area contributed by atoms with Crippen LogP contribution in [0, 0.1) is 6.92 Å². The van der Waals surface area contributed by atoms with Gasteiger partial charge in [-0.2, -0.15) is 0 Å². The van der Waals surface area contributed by atoms with Crippen LogP contribution in [0.1, 0.15) is 24.6 Å². The Balaban J connectivity index is 1.57. The van der Waals surface area contributed by atoms with Crippen LogP contribution in [0.4, 0.5) is 0 Å². The molecule has 0 saturated carbocycles. The van der Waals surface area contributed by atoms with Crippen LogP contribution < -0.4 is 10.6 Å². The maximum atomic E-state index is 12.8. The number of aromatic nitrogens is 1. The van der Waals surface area contributed by atoms with Crippen molar-refractivity contribution < 1.29 is 14.7 Å². The Bertz CT molecular complexity index is 889. The standard InChI is InChI=1S/C20H24N4O3S/c1-12-18(28-11-22-12)14-3-5-15(6-4-14)20(9-24(10-20)13(2)25)23-19(27)17-7-16(26)8-21-17/h3-6,11,16-17,21,26H,7-10H2,1-2H3,(H,23,27)/t16-,17+/m1/s1. The van der Waals surface area contributed by atoms with Gasteiger partial charge in [-0.05, 0) is 24.5 Å². The number of nitrogens with zero attached hydrogens (tertiary/aromatic N) is 2. The molecule has 2 aromatic rings. The topological polar surface area (TPSA) is 94.6 Å². The molecule has 2 fully saturated rings. The molecule has 0 unspecified atom stereocenters. The summed E-state index contributed by atoms with van der Waals surface area (Å²) in [6.07, 6.45) is -0.0918. The third kappa shape index (κ3) is 3.43. The molecule has 1 aromatic heterocycles. The van der Waals surface area contributed by atoms with E-state index in [0.29, 0.717) is 26.1 Å². The number of β-amino-alcohol motifs (C(OH)–C–C–N with tert-alkyl or cyclic N) is 1. The summed E-state index contributed by atoms with van der Waals surface area (Å²) in [4.78, 5) is 31.6. The fourth-order valence-electron chi connectivity index (χ4n) is 3.92. The first-order chi connectivity index (χ1) is 13.4. The van der Waals surface area contributed by atoms with Crippen molar-refractivity contribution in [2.45, 2.75) is 38.0 Å². The summed E-state index contributed by atoms with van der Waals surface area (Å²) in [6, 6.07) is 7.71. The highest BCUT2D eigenvalue weighted by Gasteiger charge is 2.48. The molecule has 0 radical (unpaired) electrons. The molecule has 0 aliphatic carbocycles. The first-order valence-corrected chi connectivity index (χ1v) is 10.3. The average Bonchev–Trinajstić information content (AvgIpc) is 3.26. The van der Waals surface area contributed by atoms with Crippen molar-refractivity contribution in [1.82, 2.24) is 20.5 Å². The van der Waals surface area contributed by atoms with Gasteiger partial charge in [0.25, 0.3) is 0 Å². The summed E-state index contributed by atoms with van der Waals surface area (Å²) in [7, 11) is 0. The number of carbonyl (C=O) groups is 2. The number of hydrogen-bond donors (Lipinski definition) is 3. The molecule has 148 valence electrons. The molecule has 1 aromatic carbocycles. The second-order valence-electron chi connectivity index (χ2n) is 7.64. The number of aryl methyl sites for hydroxylation is 1. The van der Waals surface area contributed by atoms with Gasteiger partial charge >= 0.3 is 0 Å². The molecule has 8 heteroatoms. The van der Waals surface area contributed by atoms with Crippen molar-refractivity contribution in [3.8, 4) is 10.4 Å². The van der Waals surface area contributed by atoms with Gasteiger partial charge in [-0.1, -0.05) is 24.3 Å². The number of hydrogen-bond acceptors (Lipinski definition) is 6. The lowest BCUT2D eigenvalue weighted by Crippen LogP contribution is -2.69. The lowest BCUT2D eigenvalue weighted by atomic mass is 9.81. The third-order valence-corrected chi connectivity index (χ3v) is 6.58. The molecule has 2 aliphatic heterocycles. The van der Waals surface area contributed by atoms with Gasteiger partial charge in [0, 0.05) is 26.6 Å². The van der Waals surface area contributed by atoms with Gasteiger partial charge in [-0.15, -0.1) is 11.3 Å². The summed E-state index contributed by atoms with van der Waals surface area (Å²) >= 11 is 1.60. The fraction of sp³-hybridized carbons (Fsp3) is 0.450. The normalized spacial score (nSPS) is 23.3. The molecule has 3 N–H and O–H groups in total. The Morgan fingerprint density at radius 2 is 2.04 bits per heavy atom. The summed E-state index contributed by atoms with van der Waals surface area (Å²) < 4.78 is 0. The molecule has 0 spiro atoms. The smallest absolute Gasteiger partial charge is 0.238 e. The van der Waals surface area contributed by atoms with Crippen molar-refractivity contribution >= 4 is 23.2 Å². The van der Waals surface area contributed by atoms with Gasteiger partial charge < -0.3 is 20.6 Å². The molecule has 2 aliphatic rings. The number of nitrogens with one attached hydrogen (secondary N) is 2. The maximum Gasteiger partial charge on any atom is 0.238 e. The first kappa shape index (κ1) is 19.0. The van der Waals surface area contributed by atoms with Crippen molar-refractivity contribution in [2.75, 3.05) is 19.6 Å². The molecule has 2 atom stereocenters. The maximum absolute atomic E-state index is 12.8. The second-order valence-corrected chi connectivity index (χ2v) is 8.50. The number of rotatable bonds is 4. The highest BCUT2D eigenvalue weighted by molar-refractivity contribution is 7.13. The van der Waals surface area contributed by atoms with Crippen LogP contribution in [0.5, 0.6) is 0 Å². The van der Waals surface area contributed by atoms with Crippen molar-refractivity contribution in [1.29, 1.82) is 0 Å². The number of thiazole rings is 1. The number of carbonyl (C=O) groups excluding carboxylic acids is 2. The Morgan fingerprint density at radius 3 is 2.57 bits per heavy atom. The van der Waals surface area contributed by atoms with Crippen LogP contribution in [-0.4, -0.2) is 58.6 Å². The van der Waals surface area contributed by atoms with E-state index in [4.69, 9.17) is 0 Å². The number of amides is 2. The number of benzene rings is 1. The van der Waals surface area contributed by atoms with Crippen molar-refractivity contribution in [3.05, 3.63) is 41.0 Å². The van der Waals surface area contributed by atoms with Crippen LogP contribution >= 0.6 is 11.3 Å². The summed E-state index contributed by atoms with van der Waals surface area (Å²) in [5.74, 6) is -0.140. The van der Waals surface area contributed by atoms with E-state index >= 15 is 0 Å². The first-order valence-electron chi connectivity index (χ1n) is 9.38. The predicted octanol–water partition coefficient (Wildman–Crippen LogP) is 1.01. The number of aliphatic hydroxyl groups is 1. The van der Waals surface area contributed by atoms with Gasteiger partial charge in [-0.3, -0.25) is 9.59 Å². The SMILES string of the molecule is CC(=O)N1CC(NC(=O)[C@@H]2C[C@@H](O)CN2)(c2ccc(-c3scnc3C)cc2)C1. The van der Waals surface area contributed by atoms with Gasteiger partial charge in [0.05, 0.1) is 28.2 Å². The zero-order chi connectivity index (χ0) is 19.9. The molecule has 2 saturated heterocycles. The van der Waals surface area contributed by atoms with Gasteiger partial charge in [0.15, 0.2) is 0 Å². The number of aliphatic hydroxyl groups excluding tert-OH is 1. The quantitative estimate of drug-likeness (QED) is 0.712. The highest BCUT2D eigenvalue weighted by atomic mass is 32.1. The minimum atomic E-state index is -0.598. The van der Waals surface area contributed by atoms with E-state index in [1.54, 1.807) is 16.2 Å². The van der Waals surface area contributed by atoms with Gasteiger partial charge in [-0.25, -0.2) is 4.98 Å². The Labute approximate surface area is 167 Å². The van der Waals surface area contributed by atoms with Crippen molar-refractivity contribution in [2.24, 2.45) is 0 Å². The molecule has 3 heterocycles. The van der Waals surface area contributed by atoms with E-state index in [1.165, 1.54) is 6.92 Å². The van der Waals surface area contributed by atoms with Gasteiger partial charge in [0.2, 0.25) is 11.8 Å². The van der Waals surface area contributed by atoms with E-state index < -0.39 is 17.7 Å². The molecule has 0 bridgehead atoms. The summed E-state index contributed by atoms with van der Waals surface area (Å²) in [5.41, 5.74) is 4.30. The molecule has 28 heavy (non-hydrogen) atoms. The second kappa shape index (κ2) is 7.27. The van der Waals surface area contributed by atoms with Crippen LogP contribution in [0.3, 0.4) is 0 Å². The lowest BCUT2D eigenvalue weighted by molar-refractivity contribution is -0.141. The fourth-order valence-corrected chi connectivity index (χ4v) is 4.73. The molecular weight excluding hydrogens is 376 g/mol. The predicted molar refractivity (Wildman–Crippen MR) is 107 cm³/mol. The van der Waals surface area contributed by atoms with E-state index in [-0.39, 0.29) is 11.8 Å². The summed E-state index contributed by atoms with van der Waals surface area (Å²) in [6.45, 7) is 4.84. The van der Waals surface area contributed by atoms with Crippen LogP contribution in [0.25, 0.3) is 10.4 Å². The summed E-state index contributed by atoms with van der Waals surface area (Å²) in [5, 5.41) is 15.9. The van der Waals surface area contributed by atoms with E-state index in [0.717, 1.165) is 21.7 Å². The number of likely N-dealkylation sites (tertiary alicyclic amines) is 1. The van der Waals surface area contributed by atoms with Crippen LogP contribution in [-0.2, 0) is 15.1 Å². The zero-order valence-corrected chi connectivity index (χ0v) is 16.8. The van der Waals surface area contributed by atoms with E-state index in [9.17, 15) is 14.7 Å². The van der Waals surface area contributed by atoms with Gasteiger partial charge in [0.1, 0.15) is 5.54 Å². The van der Waals surface area contributed by atoms with Crippen molar-refractivity contribution in [3.63, 3.8) is 0 Å². The Morgan fingerprint density at radius 1 is 1.32 bits per heavy atom. The average molecular weight is 401 g/mol. The zero-order valence-electron chi connectivity index (χ0n) is 15.9. The molecule has 2 amide bonds. The van der Waals surface area contributed by atoms with E-state index in [1.807, 2.05) is 36.7 Å². The van der Waals surface area contributed by atoms with Crippen LogP contribution in [0.15, 0.2) is 29.8 Å². The lowest BCUT2D eigenvalue weighted by Gasteiger charge is -2.50. The largest absolute Gasteiger partial charge is 0.392 e.